The van der Waals surface area contributed by atoms with Gasteiger partial charge in [0.05, 0.1) is 26.4 Å². The zero-order chi connectivity index (χ0) is 65.2. The van der Waals surface area contributed by atoms with Gasteiger partial charge in [0.2, 0.25) is 0 Å². The largest absolute Gasteiger partial charge is 0.472 e. The molecule has 0 aromatic rings. The van der Waals surface area contributed by atoms with Crippen LogP contribution in [0.5, 0.6) is 0 Å². The third kappa shape index (κ3) is 61.1. The summed E-state index contributed by atoms with van der Waals surface area (Å²) in [7, 11) is -9.91. The maximum atomic E-state index is 13.0. The van der Waals surface area contributed by atoms with Gasteiger partial charge in [-0.3, -0.25) is 37.3 Å². The lowest BCUT2D eigenvalue weighted by Gasteiger charge is -2.21. The van der Waals surface area contributed by atoms with Crippen molar-refractivity contribution in [3.63, 3.8) is 0 Å². The first-order chi connectivity index (χ1) is 42.3. The highest BCUT2D eigenvalue weighted by Crippen LogP contribution is 2.45. The number of carbonyl (C=O) groups is 4. The fourth-order valence-electron chi connectivity index (χ4n) is 9.79. The minimum absolute atomic E-state index is 0.0839. The fraction of sp³-hybridized carbons (Fsp3) is 0.884. The minimum Gasteiger partial charge on any atom is -0.462 e. The van der Waals surface area contributed by atoms with Gasteiger partial charge in [-0.25, -0.2) is 9.13 Å². The van der Waals surface area contributed by atoms with Crippen LogP contribution in [0.3, 0.4) is 0 Å². The second-order valence-corrected chi connectivity index (χ2v) is 28.3. The van der Waals surface area contributed by atoms with E-state index in [0.717, 1.165) is 121 Å². The Kier molecular flexibility index (Phi) is 57.9. The monoisotopic (exact) mass is 1290 g/mol. The van der Waals surface area contributed by atoms with Crippen LogP contribution >= 0.6 is 15.6 Å². The molecule has 88 heavy (non-hydrogen) atoms. The molecule has 518 valence electrons. The zero-order valence-electron chi connectivity index (χ0n) is 56.7. The number of carbonyl (C=O) groups excluding carboxylic acids is 4. The molecule has 0 aromatic carbocycles. The van der Waals surface area contributed by atoms with E-state index in [1.54, 1.807) is 0 Å². The number of rotatable bonds is 65. The predicted octanol–water partition coefficient (Wildman–Crippen LogP) is 19.0. The normalized spacial score (nSPS) is 14.7. The summed E-state index contributed by atoms with van der Waals surface area (Å²) in [5, 5.41) is 10.6. The molecule has 0 saturated heterocycles. The summed E-state index contributed by atoms with van der Waals surface area (Å²) in [6.45, 7) is 11.7. The van der Waals surface area contributed by atoms with Gasteiger partial charge < -0.3 is 33.8 Å². The van der Waals surface area contributed by atoms with E-state index in [2.05, 4.69) is 72.8 Å². The summed E-state index contributed by atoms with van der Waals surface area (Å²) >= 11 is 0. The lowest BCUT2D eigenvalue weighted by Crippen LogP contribution is -2.30. The van der Waals surface area contributed by atoms with Crippen LogP contribution in [-0.2, 0) is 65.4 Å². The Morgan fingerprint density at radius 1 is 0.375 bits per heavy atom. The van der Waals surface area contributed by atoms with E-state index >= 15 is 0 Å². The van der Waals surface area contributed by atoms with E-state index in [4.69, 9.17) is 37.0 Å². The molecule has 19 heteroatoms. The van der Waals surface area contributed by atoms with E-state index in [0.29, 0.717) is 31.6 Å². The number of esters is 4. The molecule has 0 fully saturated rings. The quantitative estimate of drug-likeness (QED) is 0.0169. The van der Waals surface area contributed by atoms with Gasteiger partial charge in [0.25, 0.3) is 0 Å². The van der Waals surface area contributed by atoms with Crippen molar-refractivity contribution in [1.82, 2.24) is 0 Å². The highest BCUT2D eigenvalue weighted by Gasteiger charge is 2.30. The van der Waals surface area contributed by atoms with Gasteiger partial charge in [0.15, 0.2) is 12.2 Å². The summed E-state index contributed by atoms with van der Waals surface area (Å²) in [5.41, 5.74) is 0. The lowest BCUT2D eigenvalue weighted by molar-refractivity contribution is -0.161. The van der Waals surface area contributed by atoms with Gasteiger partial charge in [0.1, 0.15) is 19.3 Å². The van der Waals surface area contributed by atoms with Crippen LogP contribution in [0.4, 0.5) is 0 Å². The van der Waals surface area contributed by atoms with Crippen LogP contribution in [0.1, 0.15) is 318 Å². The van der Waals surface area contributed by atoms with E-state index in [1.807, 2.05) is 0 Å². The number of hydrogen-bond acceptors (Lipinski definition) is 15. The molecule has 17 nitrogen and oxygen atoms in total. The van der Waals surface area contributed by atoms with Gasteiger partial charge in [-0.05, 0) is 69.1 Å². The summed E-state index contributed by atoms with van der Waals surface area (Å²) < 4.78 is 68.1. The van der Waals surface area contributed by atoms with Crippen LogP contribution in [-0.4, -0.2) is 96.7 Å². The van der Waals surface area contributed by atoms with E-state index in [-0.39, 0.29) is 25.7 Å². The predicted molar refractivity (Wildman–Crippen MR) is 354 cm³/mol. The van der Waals surface area contributed by atoms with Crippen molar-refractivity contribution in [3.05, 3.63) is 24.3 Å². The van der Waals surface area contributed by atoms with Crippen LogP contribution in [0.25, 0.3) is 0 Å². The molecule has 6 atom stereocenters. The molecule has 0 aliphatic heterocycles. The Labute approximate surface area is 535 Å². The summed E-state index contributed by atoms with van der Waals surface area (Å²) in [4.78, 5) is 72.4. The molecule has 0 spiro atoms. The Morgan fingerprint density at radius 2 is 0.670 bits per heavy atom. The molecule has 0 heterocycles. The van der Waals surface area contributed by atoms with Crippen LogP contribution in [0.15, 0.2) is 24.3 Å². The number of allylic oxidation sites excluding steroid dienone is 4. The topological polar surface area (TPSA) is 237 Å². The molecule has 0 saturated carbocycles. The molecule has 0 aliphatic rings. The average molecular weight is 1290 g/mol. The average Bonchev–Trinajstić information content (AvgIpc) is 3.61. The molecule has 0 rings (SSSR count). The smallest absolute Gasteiger partial charge is 0.462 e. The number of aliphatic hydroxyl groups excluding tert-OH is 1. The van der Waals surface area contributed by atoms with Crippen molar-refractivity contribution in [2.24, 2.45) is 17.8 Å². The number of hydrogen-bond donors (Lipinski definition) is 3. The molecular weight excluding hydrogens is 1160 g/mol. The standard InChI is InChI=1S/C69H130O17P2/c1-8-10-11-12-13-14-15-16-17-18-19-22-29-38-45-52-68(73)85-64(56-79-66(71)50-43-36-28-25-24-27-35-42-49-62(7)9-2)58-83-87(75,76)81-54-63(70)55-82-88(77,78)84-59-65(57-80-67(72)51-44-37-32-31-34-41-48-61(5)6)86-69(74)53-46-39-30-23-20-21-26-33-40-47-60(3)4/h14-17,60-65,70H,8-13,18-59H2,1-7H3,(H,75,76)(H,77,78)/b15-14-,17-16-/t62?,63-,64-,65-/m1/s1. The zero-order valence-corrected chi connectivity index (χ0v) is 58.5. The first-order valence-corrected chi connectivity index (χ1v) is 38.2. The maximum Gasteiger partial charge on any atom is 0.472 e. The lowest BCUT2D eigenvalue weighted by atomic mass is 9.99. The van der Waals surface area contributed by atoms with E-state index in [9.17, 15) is 43.2 Å². The fourth-order valence-corrected chi connectivity index (χ4v) is 11.4. The highest BCUT2D eigenvalue weighted by atomic mass is 31.2. The molecule has 3 unspecified atom stereocenters. The second kappa shape index (κ2) is 59.5. The number of phosphoric acid groups is 2. The van der Waals surface area contributed by atoms with Crippen molar-refractivity contribution in [2.75, 3.05) is 39.6 Å². The van der Waals surface area contributed by atoms with Crippen LogP contribution in [0, 0.1) is 17.8 Å². The maximum absolute atomic E-state index is 13.0. The first-order valence-electron chi connectivity index (χ1n) is 35.2. The summed E-state index contributed by atoms with van der Waals surface area (Å²) in [6, 6.07) is 0. The minimum atomic E-state index is -4.96. The molecular formula is C69H130O17P2. The second-order valence-electron chi connectivity index (χ2n) is 25.4. The Morgan fingerprint density at radius 3 is 1.01 bits per heavy atom. The number of phosphoric ester groups is 2. The molecule has 0 amide bonds. The van der Waals surface area contributed by atoms with Crippen LogP contribution < -0.4 is 0 Å². The molecule has 3 N–H and O–H groups in total. The van der Waals surface area contributed by atoms with Gasteiger partial charge in [-0.2, -0.15) is 0 Å². The van der Waals surface area contributed by atoms with Crippen molar-refractivity contribution in [3.8, 4) is 0 Å². The Bertz CT molecular complexity index is 1830. The number of aliphatic hydroxyl groups is 1. The molecule has 0 aromatic heterocycles. The van der Waals surface area contributed by atoms with Crippen molar-refractivity contribution in [1.29, 1.82) is 0 Å². The van der Waals surface area contributed by atoms with Crippen molar-refractivity contribution < 1.29 is 80.2 Å². The number of ether oxygens (including phenoxy) is 4. The summed E-state index contributed by atoms with van der Waals surface area (Å²) in [6.07, 6.45) is 45.4. The summed E-state index contributed by atoms with van der Waals surface area (Å²) in [5.74, 6) is 0.0254. The third-order valence-corrected chi connectivity index (χ3v) is 17.5. The number of unbranched alkanes of at least 4 members (excludes halogenated alkanes) is 29. The van der Waals surface area contributed by atoms with E-state index < -0.39 is 97.5 Å². The Balaban J connectivity index is 5.29. The van der Waals surface area contributed by atoms with Crippen molar-refractivity contribution >= 4 is 39.5 Å². The first kappa shape index (κ1) is 85.5. The molecule has 0 bridgehead atoms. The van der Waals surface area contributed by atoms with Gasteiger partial charge in [-0.1, -0.05) is 265 Å². The van der Waals surface area contributed by atoms with E-state index in [1.165, 1.54) is 109 Å². The van der Waals surface area contributed by atoms with Crippen molar-refractivity contribution in [2.45, 2.75) is 336 Å². The van der Waals surface area contributed by atoms with Gasteiger partial charge >= 0.3 is 39.5 Å². The Hall–Kier alpha value is -2.46. The van der Waals surface area contributed by atoms with Crippen LogP contribution in [0.2, 0.25) is 0 Å². The SMILES string of the molecule is CCCCCC/C=C\C=C/CCCCCCCC(=O)O[C@H](COC(=O)CCCCCCCCCCC(C)CC)COP(=O)(O)OC[C@@H](O)COP(=O)(O)OC[C@@H](COC(=O)CCCCCCCCC(C)C)OC(=O)CCCCCCCCCCCC(C)C. The molecule has 0 aliphatic carbocycles. The van der Waals surface area contributed by atoms with Gasteiger partial charge in [0, 0.05) is 25.7 Å². The third-order valence-electron chi connectivity index (χ3n) is 15.6. The van der Waals surface area contributed by atoms with Gasteiger partial charge in [-0.15, -0.1) is 0 Å². The highest BCUT2D eigenvalue weighted by molar-refractivity contribution is 7.47. The molecule has 0 radical (unpaired) electrons.